The van der Waals surface area contributed by atoms with Gasteiger partial charge in [0.2, 0.25) is 0 Å². The first kappa shape index (κ1) is 9.66. The highest BCUT2D eigenvalue weighted by Crippen LogP contribution is 2.07. The molecule has 0 radical (unpaired) electrons. The van der Waals surface area contributed by atoms with Crippen LogP contribution in [0.3, 0.4) is 0 Å². The summed E-state index contributed by atoms with van der Waals surface area (Å²) in [5, 5.41) is 0.731. The van der Waals surface area contributed by atoms with Gasteiger partial charge in [0, 0.05) is 6.07 Å². The minimum Gasteiger partial charge on any atom is -0.225 e. The number of hydrogen-bond donors (Lipinski definition) is 0. The van der Waals surface area contributed by atoms with E-state index in [0.717, 1.165) is 0 Å². The fourth-order valence-electron chi connectivity index (χ4n) is 0.312. The van der Waals surface area contributed by atoms with Gasteiger partial charge in [-0.15, -0.1) is 0 Å². The number of aromatic nitrogens is 2. The zero-order valence-electron chi connectivity index (χ0n) is 5.81. The molecule has 0 atom stereocenters. The molecular formula is C6H8Cl2N2. The van der Waals surface area contributed by atoms with Crippen LogP contribution in [0, 0.1) is 0 Å². The molecule has 10 heavy (non-hydrogen) atoms. The second-order valence-electron chi connectivity index (χ2n) is 1.16. The maximum Gasteiger partial charge on any atom is 0.133 e. The van der Waals surface area contributed by atoms with Crippen LogP contribution >= 0.6 is 23.2 Å². The molecule has 1 rings (SSSR count). The van der Waals surface area contributed by atoms with Crippen molar-refractivity contribution in [2.75, 3.05) is 0 Å². The monoisotopic (exact) mass is 178 g/mol. The smallest absolute Gasteiger partial charge is 0.133 e. The van der Waals surface area contributed by atoms with Gasteiger partial charge >= 0.3 is 0 Å². The topological polar surface area (TPSA) is 25.8 Å². The molecule has 4 heteroatoms. The van der Waals surface area contributed by atoms with Crippen molar-refractivity contribution in [1.82, 2.24) is 9.97 Å². The molecule has 0 N–H and O–H groups in total. The van der Waals surface area contributed by atoms with E-state index in [-0.39, 0.29) is 0 Å². The van der Waals surface area contributed by atoms with Crippen LogP contribution in [-0.2, 0) is 0 Å². The van der Waals surface area contributed by atoms with E-state index in [1.165, 1.54) is 12.4 Å². The molecule has 0 saturated carbocycles. The molecule has 0 aliphatic carbocycles. The summed E-state index contributed by atoms with van der Waals surface area (Å²) in [6.07, 6.45) is 1.31. The number of hydrogen-bond acceptors (Lipinski definition) is 2. The summed E-state index contributed by atoms with van der Waals surface area (Å²) in [7, 11) is 0. The Morgan fingerprint density at radius 1 is 1.10 bits per heavy atom. The average Bonchev–Trinajstić information content (AvgIpc) is 1.91. The minimum atomic E-state index is 0.366. The third kappa shape index (κ3) is 3.64. The first-order chi connectivity index (χ1) is 4.79. The summed E-state index contributed by atoms with van der Waals surface area (Å²) in [5.74, 6) is 0. The molecule has 0 bridgehead atoms. The van der Waals surface area contributed by atoms with Crippen LogP contribution in [0.5, 0.6) is 0 Å². The molecule has 0 aliphatic rings. The Hall–Kier alpha value is -0.340. The van der Waals surface area contributed by atoms with Gasteiger partial charge in [0.1, 0.15) is 16.6 Å². The van der Waals surface area contributed by atoms with E-state index < -0.39 is 0 Å². The molecule has 0 saturated heterocycles. The lowest BCUT2D eigenvalue weighted by Crippen LogP contribution is -1.76. The zero-order valence-corrected chi connectivity index (χ0v) is 7.32. The van der Waals surface area contributed by atoms with Gasteiger partial charge < -0.3 is 0 Å². The van der Waals surface area contributed by atoms with Gasteiger partial charge in [-0.05, 0) is 0 Å². The molecule has 0 amide bonds. The lowest BCUT2D eigenvalue weighted by Gasteiger charge is -1.85. The predicted octanol–water partition coefficient (Wildman–Crippen LogP) is 2.81. The second-order valence-corrected chi connectivity index (χ2v) is 1.94. The van der Waals surface area contributed by atoms with E-state index >= 15 is 0 Å². The fraction of sp³-hybridized carbons (Fsp3) is 0.333. The molecule has 0 spiro atoms. The Balaban J connectivity index is 0.000000371. The number of halogens is 2. The van der Waals surface area contributed by atoms with E-state index in [2.05, 4.69) is 9.97 Å². The summed E-state index contributed by atoms with van der Waals surface area (Å²) < 4.78 is 0. The van der Waals surface area contributed by atoms with Gasteiger partial charge in [0.15, 0.2) is 0 Å². The minimum absolute atomic E-state index is 0.366. The van der Waals surface area contributed by atoms with Crippen molar-refractivity contribution in [3.63, 3.8) is 0 Å². The molecule has 1 aromatic rings. The largest absolute Gasteiger partial charge is 0.225 e. The van der Waals surface area contributed by atoms with E-state index in [4.69, 9.17) is 23.2 Å². The van der Waals surface area contributed by atoms with Crippen LogP contribution in [0.4, 0.5) is 0 Å². The molecule has 2 nitrogen and oxygen atoms in total. The van der Waals surface area contributed by atoms with Crippen molar-refractivity contribution < 1.29 is 0 Å². The maximum absolute atomic E-state index is 5.41. The molecule has 1 aromatic heterocycles. The zero-order chi connectivity index (χ0) is 7.98. The van der Waals surface area contributed by atoms with Crippen molar-refractivity contribution in [1.29, 1.82) is 0 Å². The third-order valence-corrected chi connectivity index (χ3v) is 1.01. The lowest BCUT2D eigenvalue weighted by molar-refractivity contribution is 1.17. The van der Waals surface area contributed by atoms with E-state index in [9.17, 15) is 0 Å². The van der Waals surface area contributed by atoms with Crippen molar-refractivity contribution in [2.24, 2.45) is 0 Å². The van der Waals surface area contributed by atoms with Crippen LogP contribution in [0.15, 0.2) is 12.4 Å². The molecule has 56 valence electrons. The van der Waals surface area contributed by atoms with Crippen LogP contribution in [-0.4, -0.2) is 9.97 Å². The molecular weight excluding hydrogens is 171 g/mol. The van der Waals surface area contributed by atoms with Crippen LogP contribution in [0.25, 0.3) is 0 Å². The Kier molecular flexibility index (Phi) is 5.26. The van der Waals surface area contributed by atoms with Gasteiger partial charge in [0.05, 0.1) is 0 Å². The predicted molar refractivity (Wildman–Crippen MR) is 43.4 cm³/mol. The van der Waals surface area contributed by atoms with Crippen molar-refractivity contribution in [3.8, 4) is 0 Å². The van der Waals surface area contributed by atoms with Gasteiger partial charge in [0.25, 0.3) is 0 Å². The maximum atomic E-state index is 5.41. The van der Waals surface area contributed by atoms with Gasteiger partial charge in [-0.3, -0.25) is 0 Å². The molecule has 1 heterocycles. The summed E-state index contributed by atoms with van der Waals surface area (Å²) >= 11 is 10.8. The molecule has 0 unspecified atom stereocenters. The Morgan fingerprint density at radius 2 is 1.50 bits per heavy atom. The van der Waals surface area contributed by atoms with E-state index in [0.29, 0.717) is 10.3 Å². The van der Waals surface area contributed by atoms with Gasteiger partial charge in [-0.1, -0.05) is 37.0 Å². The highest BCUT2D eigenvalue weighted by atomic mass is 35.5. The van der Waals surface area contributed by atoms with E-state index in [1.54, 1.807) is 0 Å². The SMILES string of the molecule is CC.Clc1cc(Cl)ncn1. The van der Waals surface area contributed by atoms with Crippen molar-refractivity contribution in [2.45, 2.75) is 13.8 Å². The first-order valence-electron chi connectivity index (χ1n) is 2.92. The summed E-state index contributed by atoms with van der Waals surface area (Å²) in [4.78, 5) is 7.22. The summed E-state index contributed by atoms with van der Waals surface area (Å²) in [6, 6.07) is 1.48. The molecule has 0 fully saturated rings. The molecule has 0 aromatic carbocycles. The second kappa shape index (κ2) is 5.45. The van der Waals surface area contributed by atoms with E-state index in [1.807, 2.05) is 13.8 Å². The number of rotatable bonds is 0. The Bertz CT molecular complexity index is 174. The standard InChI is InChI=1S/C4H2Cl2N2.C2H6/c5-3-1-4(6)8-2-7-3;1-2/h1-2H;1-2H3. The first-order valence-corrected chi connectivity index (χ1v) is 3.67. The Labute approximate surface area is 70.2 Å². The summed E-state index contributed by atoms with van der Waals surface area (Å²) in [5.41, 5.74) is 0. The van der Waals surface area contributed by atoms with Gasteiger partial charge in [-0.25, -0.2) is 9.97 Å². The van der Waals surface area contributed by atoms with Crippen LogP contribution < -0.4 is 0 Å². The highest BCUT2D eigenvalue weighted by Gasteiger charge is 1.87. The third-order valence-electron chi connectivity index (χ3n) is 0.600. The highest BCUT2D eigenvalue weighted by molar-refractivity contribution is 6.33. The van der Waals surface area contributed by atoms with Crippen LogP contribution in [0.2, 0.25) is 10.3 Å². The summed E-state index contributed by atoms with van der Waals surface area (Å²) in [6.45, 7) is 4.00. The lowest BCUT2D eigenvalue weighted by atomic mass is 10.7. The Morgan fingerprint density at radius 3 is 1.70 bits per heavy atom. The quantitative estimate of drug-likeness (QED) is 0.572. The van der Waals surface area contributed by atoms with Crippen molar-refractivity contribution >= 4 is 23.2 Å². The molecule has 0 aliphatic heterocycles. The number of nitrogens with zero attached hydrogens (tertiary/aromatic N) is 2. The fourth-order valence-corrected chi connectivity index (χ4v) is 0.662. The van der Waals surface area contributed by atoms with Crippen molar-refractivity contribution in [3.05, 3.63) is 22.7 Å². The average molecular weight is 179 g/mol. The van der Waals surface area contributed by atoms with Crippen LogP contribution in [0.1, 0.15) is 13.8 Å². The normalized spacial score (nSPS) is 8.00. The van der Waals surface area contributed by atoms with Gasteiger partial charge in [-0.2, -0.15) is 0 Å².